The van der Waals surface area contributed by atoms with Crippen LogP contribution in [0.3, 0.4) is 0 Å². The topological polar surface area (TPSA) is 88.1 Å². The summed E-state index contributed by atoms with van der Waals surface area (Å²) in [4.78, 5) is 4.54. The van der Waals surface area contributed by atoms with Crippen LogP contribution in [0.2, 0.25) is 5.02 Å². The summed E-state index contributed by atoms with van der Waals surface area (Å²) in [5.41, 5.74) is 6.95. The third-order valence-corrected chi connectivity index (χ3v) is 5.75. The maximum absolute atomic E-state index is 13.1. The zero-order valence-electron chi connectivity index (χ0n) is 15.4. The Morgan fingerprint density at radius 1 is 1.10 bits per heavy atom. The predicted molar refractivity (Wildman–Crippen MR) is 108 cm³/mol. The number of halogens is 4. The highest BCUT2D eigenvalue weighted by Crippen LogP contribution is 2.38. The Labute approximate surface area is 181 Å². The van der Waals surface area contributed by atoms with Crippen LogP contribution in [0, 0.1) is 0 Å². The van der Waals surface area contributed by atoms with Gasteiger partial charge in [-0.1, -0.05) is 16.8 Å². The largest absolute Gasteiger partial charge is 0.454 e. The van der Waals surface area contributed by atoms with Crippen LogP contribution in [0.15, 0.2) is 41.8 Å². The molecule has 1 aliphatic heterocycles. The van der Waals surface area contributed by atoms with Crippen molar-refractivity contribution in [3.63, 3.8) is 0 Å². The smallest absolute Gasteiger partial charge is 0.416 e. The maximum atomic E-state index is 13.1. The standard InChI is InChI=1S/C19H11ClF3N5O2S/c20-11-3-2-10(19(21,22)23)6-13(11)28-17(24)16(26-27-28)18-25-12(7-31-18)9-1-4-14-15(5-9)30-8-29-14/h1-7H,8,24H2. The second-order valence-corrected chi connectivity index (χ2v) is 7.77. The number of ether oxygens (including phenoxy) is 2. The molecule has 0 fully saturated rings. The van der Waals surface area contributed by atoms with Crippen molar-refractivity contribution >= 4 is 28.8 Å². The van der Waals surface area contributed by atoms with Crippen LogP contribution in [-0.4, -0.2) is 26.8 Å². The Morgan fingerprint density at radius 2 is 1.90 bits per heavy atom. The van der Waals surface area contributed by atoms with Crippen molar-refractivity contribution < 1.29 is 22.6 Å². The van der Waals surface area contributed by atoms with Gasteiger partial charge in [-0.25, -0.2) is 4.98 Å². The van der Waals surface area contributed by atoms with Gasteiger partial charge in [0.2, 0.25) is 6.79 Å². The van der Waals surface area contributed by atoms with Crippen molar-refractivity contribution in [3.8, 4) is 39.1 Å². The van der Waals surface area contributed by atoms with Crippen molar-refractivity contribution in [2.24, 2.45) is 0 Å². The third-order valence-electron chi connectivity index (χ3n) is 4.58. The summed E-state index contributed by atoms with van der Waals surface area (Å²) in [6.45, 7) is 0.166. The van der Waals surface area contributed by atoms with Gasteiger partial charge in [-0.05, 0) is 36.4 Å². The van der Waals surface area contributed by atoms with E-state index >= 15 is 0 Å². The van der Waals surface area contributed by atoms with Crippen LogP contribution in [0.1, 0.15) is 5.56 Å². The molecule has 0 saturated carbocycles. The number of fused-ring (bicyclic) bond motifs is 1. The number of anilines is 1. The molecule has 0 spiro atoms. The minimum Gasteiger partial charge on any atom is -0.454 e. The molecule has 0 atom stereocenters. The molecule has 2 aromatic heterocycles. The number of hydrogen-bond acceptors (Lipinski definition) is 7. The van der Waals surface area contributed by atoms with Crippen LogP contribution < -0.4 is 15.2 Å². The fourth-order valence-corrected chi connectivity index (χ4v) is 4.06. The van der Waals surface area contributed by atoms with Crippen molar-refractivity contribution in [2.75, 3.05) is 12.5 Å². The number of nitrogen functional groups attached to an aromatic ring is 1. The molecular formula is C19H11ClF3N5O2S. The van der Waals surface area contributed by atoms with Gasteiger partial charge in [-0.2, -0.15) is 17.9 Å². The fraction of sp³-hybridized carbons (Fsp3) is 0.105. The third kappa shape index (κ3) is 3.45. The van der Waals surface area contributed by atoms with Crippen molar-refractivity contribution in [2.45, 2.75) is 6.18 Å². The van der Waals surface area contributed by atoms with Gasteiger partial charge in [0.15, 0.2) is 23.0 Å². The van der Waals surface area contributed by atoms with Crippen molar-refractivity contribution in [1.29, 1.82) is 0 Å². The number of aromatic nitrogens is 4. The van der Waals surface area contributed by atoms with Gasteiger partial charge in [0.05, 0.1) is 22.0 Å². The number of rotatable bonds is 3. The summed E-state index contributed by atoms with van der Waals surface area (Å²) in [5, 5.41) is 10.2. The van der Waals surface area contributed by atoms with E-state index in [1.165, 1.54) is 11.3 Å². The Kier molecular flexibility index (Phi) is 4.52. The molecule has 4 aromatic rings. The fourth-order valence-electron chi connectivity index (χ4n) is 3.04. The first-order valence-electron chi connectivity index (χ1n) is 8.75. The number of benzene rings is 2. The Morgan fingerprint density at radius 3 is 2.71 bits per heavy atom. The molecule has 0 amide bonds. The van der Waals surface area contributed by atoms with Crippen LogP contribution in [0.4, 0.5) is 19.0 Å². The van der Waals surface area contributed by atoms with E-state index in [1.807, 2.05) is 17.5 Å². The minimum atomic E-state index is -4.54. The summed E-state index contributed by atoms with van der Waals surface area (Å²) in [7, 11) is 0. The van der Waals surface area contributed by atoms with Crippen LogP contribution >= 0.6 is 22.9 Å². The quantitative estimate of drug-likeness (QED) is 0.456. The minimum absolute atomic E-state index is 0.0211. The number of nitrogens with two attached hydrogens (primary N) is 1. The first-order valence-corrected chi connectivity index (χ1v) is 10.0. The van der Waals surface area contributed by atoms with Gasteiger partial charge in [0, 0.05) is 10.9 Å². The van der Waals surface area contributed by atoms with E-state index in [4.69, 9.17) is 26.8 Å². The normalized spacial score (nSPS) is 13.0. The van der Waals surface area contributed by atoms with E-state index in [1.54, 1.807) is 6.07 Å². The van der Waals surface area contributed by atoms with Gasteiger partial charge in [-0.3, -0.25) is 0 Å². The second kappa shape index (κ2) is 7.13. The lowest BCUT2D eigenvalue weighted by atomic mass is 10.1. The molecule has 0 radical (unpaired) electrons. The molecule has 1 aliphatic rings. The molecule has 2 N–H and O–H groups in total. The Hall–Kier alpha value is -3.31. The van der Waals surface area contributed by atoms with Crippen molar-refractivity contribution in [1.82, 2.24) is 20.0 Å². The molecule has 5 rings (SSSR count). The molecule has 12 heteroatoms. The molecule has 7 nitrogen and oxygen atoms in total. The summed E-state index contributed by atoms with van der Waals surface area (Å²) >= 11 is 7.37. The number of hydrogen-bond donors (Lipinski definition) is 1. The van der Waals surface area contributed by atoms with E-state index in [9.17, 15) is 13.2 Å². The molecule has 3 heterocycles. The molecule has 31 heavy (non-hydrogen) atoms. The average molecular weight is 466 g/mol. The zero-order chi connectivity index (χ0) is 21.8. The lowest BCUT2D eigenvalue weighted by molar-refractivity contribution is -0.137. The molecule has 158 valence electrons. The Balaban J connectivity index is 1.51. The monoisotopic (exact) mass is 465 g/mol. The first kappa shape index (κ1) is 19.6. The summed E-state index contributed by atoms with van der Waals surface area (Å²) < 4.78 is 51.0. The summed E-state index contributed by atoms with van der Waals surface area (Å²) in [6.07, 6.45) is -4.54. The van der Waals surface area contributed by atoms with E-state index < -0.39 is 11.7 Å². The number of thiazole rings is 1. The van der Waals surface area contributed by atoms with Gasteiger partial charge in [0.25, 0.3) is 0 Å². The molecule has 0 unspecified atom stereocenters. The maximum Gasteiger partial charge on any atom is 0.416 e. The first-order chi connectivity index (χ1) is 14.8. The second-order valence-electron chi connectivity index (χ2n) is 6.50. The summed E-state index contributed by atoms with van der Waals surface area (Å²) in [5.74, 6) is 1.30. The zero-order valence-corrected chi connectivity index (χ0v) is 16.9. The highest BCUT2D eigenvalue weighted by molar-refractivity contribution is 7.13. The van der Waals surface area contributed by atoms with E-state index in [2.05, 4.69) is 15.3 Å². The lowest BCUT2D eigenvalue weighted by Crippen LogP contribution is -2.08. The molecule has 0 saturated heterocycles. The SMILES string of the molecule is Nc1c(-c2nc(-c3ccc4c(c3)OCO4)cs2)nnn1-c1cc(C(F)(F)F)ccc1Cl. The van der Waals surface area contributed by atoms with E-state index in [0.717, 1.165) is 28.4 Å². The molecule has 0 bridgehead atoms. The average Bonchev–Trinajstić information content (AvgIpc) is 3.46. The van der Waals surface area contributed by atoms with Gasteiger partial charge in [0.1, 0.15) is 5.01 Å². The van der Waals surface area contributed by atoms with Gasteiger partial charge >= 0.3 is 6.18 Å². The molecular weight excluding hydrogens is 455 g/mol. The van der Waals surface area contributed by atoms with Gasteiger partial charge < -0.3 is 15.2 Å². The highest BCUT2D eigenvalue weighted by atomic mass is 35.5. The van der Waals surface area contributed by atoms with Crippen LogP contribution in [-0.2, 0) is 6.18 Å². The van der Waals surface area contributed by atoms with E-state index in [-0.39, 0.29) is 29.0 Å². The van der Waals surface area contributed by atoms with Crippen LogP contribution in [0.25, 0.3) is 27.6 Å². The number of nitrogens with zero attached hydrogens (tertiary/aromatic N) is 4. The highest BCUT2D eigenvalue weighted by Gasteiger charge is 2.31. The lowest BCUT2D eigenvalue weighted by Gasteiger charge is -2.11. The molecule has 0 aliphatic carbocycles. The number of alkyl halides is 3. The summed E-state index contributed by atoms with van der Waals surface area (Å²) in [6, 6.07) is 8.34. The van der Waals surface area contributed by atoms with Crippen molar-refractivity contribution in [3.05, 3.63) is 52.4 Å². The van der Waals surface area contributed by atoms with E-state index in [0.29, 0.717) is 22.2 Å². The molecule has 2 aromatic carbocycles. The Bertz CT molecular complexity index is 1300. The van der Waals surface area contributed by atoms with Gasteiger partial charge in [-0.15, -0.1) is 16.4 Å². The predicted octanol–water partition coefficient (Wildman–Crippen LogP) is 5.04. The van der Waals surface area contributed by atoms with Crippen LogP contribution in [0.5, 0.6) is 11.5 Å².